The Morgan fingerprint density at radius 3 is 2.52 bits per heavy atom. The molecule has 0 aliphatic heterocycles. The van der Waals surface area contributed by atoms with Crippen LogP contribution in [0.1, 0.15) is 31.2 Å². The zero-order valence-corrected chi connectivity index (χ0v) is 12.8. The minimum Gasteiger partial charge on any atom is -0.490 e. The van der Waals surface area contributed by atoms with Gasteiger partial charge in [0.05, 0.1) is 6.10 Å². The number of hydrogen-bond acceptors (Lipinski definition) is 2. The Labute approximate surface area is 131 Å². The van der Waals surface area contributed by atoms with Crippen molar-refractivity contribution in [2.45, 2.75) is 38.3 Å². The third-order valence-electron chi connectivity index (χ3n) is 3.85. The Bertz CT molecular complexity index is 576. The number of rotatable bonds is 5. The summed E-state index contributed by atoms with van der Waals surface area (Å²) in [5, 5.41) is 4.12. The molecular formula is C18H20ClNO. The van der Waals surface area contributed by atoms with Crippen LogP contribution in [0.3, 0.4) is 0 Å². The van der Waals surface area contributed by atoms with Crippen molar-refractivity contribution < 1.29 is 4.74 Å². The Morgan fingerprint density at radius 1 is 1.05 bits per heavy atom. The highest BCUT2D eigenvalue weighted by molar-refractivity contribution is 6.30. The first-order chi connectivity index (χ1) is 10.3. The molecule has 2 aromatic carbocycles. The van der Waals surface area contributed by atoms with Crippen LogP contribution in [-0.4, -0.2) is 6.10 Å². The zero-order valence-electron chi connectivity index (χ0n) is 12.0. The fraction of sp³-hybridized carbons (Fsp3) is 0.333. The molecule has 0 radical (unpaired) electrons. The minimum absolute atomic E-state index is 0.417. The van der Waals surface area contributed by atoms with Gasteiger partial charge in [-0.2, -0.15) is 0 Å². The first-order valence-electron chi connectivity index (χ1n) is 7.55. The van der Waals surface area contributed by atoms with Gasteiger partial charge in [0.2, 0.25) is 0 Å². The van der Waals surface area contributed by atoms with Crippen molar-refractivity contribution in [2.24, 2.45) is 0 Å². The molecule has 0 unspecified atom stereocenters. The third-order valence-corrected chi connectivity index (χ3v) is 4.08. The summed E-state index contributed by atoms with van der Waals surface area (Å²) in [6.07, 6.45) is 5.40. The second-order valence-corrected chi connectivity index (χ2v) is 5.97. The van der Waals surface area contributed by atoms with E-state index in [0.717, 1.165) is 23.0 Å². The van der Waals surface area contributed by atoms with Crippen molar-refractivity contribution in [3.05, 3.63) is 59.1 Å². The SMILES string of the molecule is Clc1cccc(NCc2ccc(OC3CCCC3)cc2)c1. The lowest BCUT2D eigenvalue weighted by atomic mass is 10.2. The highest BCUT2D eigenvalue weighted by Gasteiger charge is 2.16. The average molecular weight is 302 g/mol. The van der Waals surface area contributed by atoms with E-state index in [0.29, 0.717) is 6.10 Å². The van der Waals surface area contributed by atoms with Crippen molar-refractivity contribution >= 4 is 17.3 Å². The average Bonchev–Trinajstić information content (AvgIpc) is 3.00. The number of hydrogen-bond donors (Lipinski definition) is 1. The Kier molecular flexibility index (Phi) is 4.66. The van der Waals surface area contributed by atoms with Crippen LogP contribution < -0.4 is 10.1 Å². The van der Waals surface area contributed by atoms with Gasteiger partial charge in [0.15, 0.2) is 0 Å². The molecule has 0 saturated heterocycles. The number of benzene rings is 2. The number of anilines is 1. The normalized spacial score (nSPS) is 15.1. The largest absolute Gasteiger partial charge is 0.490 e. The lowest BCUT2D eigenvalue weighted by Crippen LogP contribution is -2.10. The maximum atomic E-state index is 5.97. The molecule has 2 aromatic rings. The second-order valence-electron chi connectivity index (χ2n) is 5.53. The Balaban J connectivity index is 1.54. The van der Waals surface area contributed by atoms with Crippen molar-refractivity contribution in [1.82, 2.24) is 0 Å². The molecule has 1 saturated carbocycles. The van der Waals surface area contributed by atoms with E-state index in [1.807, 2.05) is 24.3 Å². The monoisotopic (exact) mass is 301 g/mol. The summed E-state index contributed by atoms with van der Waals surface area (Å²) >= 11 is 5.97. The van der Waals surface area contributed by atoms with Gasteiger partial charge in [-0.25, -0.2) is 0 Å². The van der Waals surface area contributed by atoms with Gasteiger partial charge in [-0.1, -0.05) is 29.8 Å². The third kappa shape index (κ3) is 4.15. The van der Waals surface area contributed by atoms with Gasteiger partial charge in [0.25, 0.3) is 0 Å². The Hall–Kier alpha value is -1.67. The molecule has 2 nitrogen and oxygen atoms in total. The van der Waals surface area contributed by atoms with E-state index in [1.54, 1.807) is 0 Å². The van der Waals surface area contributed by atoms with Crippen molar-refractivity contribution in [2.75, 3.05) is 5.32 Å². The van der Waals surface area contributed by atoms with E-state index in [4.69, 9.17) is 16.3 Å². The molecule has 0 amide bonds. The van der Waals surface area contributed by atoms with Crippen LogP contribution in [0.5, 0.6) is 5.75 Å². The van der Waals surface area contributed by atoms with Crippen LogP contribution in [0.4, 0.5) is 5.69 Å². The van der Waals surface area contributed by atoms with Crippen LogP contribution in [0.2, 0.25) is 5.02 Å². The van der Waals surface area contributed by atoms with Gasteiger partial charge in [-0.15, -0.1) is 0 Å². The summed E-state index contributed by atoms with van der Waals surface area (Å²) in [6, 6.07) is 16.1. The van der Waals surface area contributed by atoms with Crippen molar-refractivity contribution in [3.63, 3.8) is 0 Å². The van der Waals surface area contributed by atoms with E-state index in [2.05, 4.69) is 29.6 Å². The molecule has 1 fully saturated rings. The van der Waals surface area contributed by atoms with Crippen molar-refractivity contribution in [3.8, 4) is 5.75 Å². The number of ether oxygens (including phenoxy) is 1. The van der Waals surface area contributed by atoms with E-state index in [-0.39, 0.29) is 0 Å². The highest BCUT2D eigenvalue weighted by atomic mass is 35.5. The molecule has 0 heterocycles. The lowest BCUT2D eigenvalue weighted by Gasteiger charge is -2.13. The molecule has 0 aromatic heterocycles. The smallest absolute Gasteiger partial charge is 0.119 e. The molecule has 110 valence electrons. The summed E-state index contributed by atoms with van der Waals surface area (Å²) in [5.41, 5.74) is 2.27. The van der Waals surface area contributed by atoms with E-state index < -0.39 is 0 Å². The van der Waals surface area contributed by atoms with Gasteiger partial charge in [-0.05, 0) is 61.6 Å². The summed E-state index contributed by atoms with van der Waals surface area (Å²) in [7, 11) is 0. The molecule has 0 spiro atoms. The topological polar surface area (TPSA) is 21.3 Å². The van der Waals surface area contributed by atoms with Crippen LogP contribution >= 0.6 is 11.6 Å². The maximum absolute atomic E-state index is 5.97. The van der Waals surface area contributed by atoms with Gasteiger partial charge < -0.3 is 10.1 Å². The first-order valence-corrected chi connectivity index (χ1v) is 7.92. The highest BCUT2D eigenvalue weighted by Crippen LogP contribution is 2.24. The quantitative estimate of drug-likeness (QED) is 0.812. The fourth-order valence-corrected chi connectivity index (χ4v) is 2.88. The Morgan fingerprint density at radius 2 is 1.81 bits per heavy atom. The summed E-state index contributed by atoms with van der Waals surface area (Å²) < 4.78 is 5.97. The standard InChI is InChI=1S/C18H20ClNO/c19-15-4-3-5-16(12-15)20-13-14-8-10-18(11-9-14)21-17-6-1-2-7-17/h3-5,8-12,17,20H,1-2,6-7,13H2. The predicted octanol–water partition coefficient (Wildman–Crippen LogP) is 5.27. The minimum atomic E-state index is 0.417. The van der Waals surface area contributed by atoms with Crippen LogP contribution in [0.25, 0.3) is 0 Å². The van der Waals surface area contributed by atoms with Crippen LogP contribution in [0, 0.1) is 0 Å². The molecule has 1 aliphatic rings. The van der Waals surface area contributed by atoms with Gasteiger partial charge in [0.1, 0.15) is 5.75 Å². The number of halogens is 1. The fourth-order valence-electron chi connectivity index (χ4n) is 2.69. The zero-order chi connectivity index (χ0) is 14.5. The molecule has 21 heavy (non-hydrogen) atoms. The van der Waals surface area contributed by atoms with E-state index in [9.17, 15) is 0 Å². The molecular weight excluding hydrogens is 282 g/mol. The first kappa shape index (κ1) is 14.3. The summed E-state index contributed by atoms with van der Waals surface area (Å²) in [5.74, 6) is 0.980. The van der Waals surface area contributed by atoms with Crippen LogP contribution in [0.15, 0.2) is 48.5 Å². The molecule has 1 aliphatic carbocycles. The molecule has 1 N–H and O–H groups in total. The lowest BCUT2D eigenvalue weighted by molar-refractivity contribution is 0.210. The second kappa shape index (κ2) is 6.86. The van der Waals surface area contributed by atoms with E-state index in [1.165, 1.54) is 31.2 Å². The maximum Gasteiger partial charge on any atom is 0.119 e. The van der Waals surface area contributed by atoms with Gasteiger partial charge in [0, 0.05) is 17.3 Å². The summed E-state index contributed by atoms with van der Waals surface area (Å²) in [4.78, 5) is 0. The molecule has 3 rings (SSSR count). The molecule has 0 bridgehead atoms. The predicted molar refractivity (Wildman–Crippen MR) is 88.1 cm³/mol. The summed E-state index contributed by atoms with van der Waals surface area (Å²) in [6.45, 7) is 0.782. The molecule has 0 atom stereocenters. The van der Waals surface area contributed by atoms with Crippen molar-refractivity contribution in [1.29, 1.82) is 0 Å². The molecule has 3 heteroatoms. The number of nitrogens with one attached hydrogen (secondary N) is 1. The van der Waals surface area contributed by atoms with E-state index >= 15 is 0 Å². The van der Waals surface area contributed by atoms with Gasteiger partial charge in [-0.3, -0.25) is 0 Å². The van der Waals surface area contributed by atoms with Crippen LogP contribution in [-0.2, 0) is 6.54 Å². The van der Waals surface area contributed by atoms with Gasteiger partial charge >= 0.3 is 0 Å².